The van der Waals surface area contributed by atoms with E-state index in [-0.39, 0.29) is 54.0 Å². The van der Waals surface area contributed by atoms with E-state index in [9.17, 15) is 32.8 Å². The lowest BCUT2D eigenvalue weighted by Gasteiger charge is -2.32. The van der Waals surface area contributed by atoms with Gasteiger partial charge in [0, 0.05) is 56.8 Å². The van der Waals surface area contributed by atoms with Crippen LogP contribution in [0.1, 0.15) is 65.8 Å². The Bertz CT molecular complexity index is 2270. The van der Waals surface area contributed by atoms with Gasteiger partial charge in [0.25, 0.3) is 5.91 Å². The molecule has 14 nitrogen and oxygen atoms in total. The number of furan rings is 1. The van der Waals surface area contributed by atoms with Gasteiger partial charge in [0.15, 0.2) is 11.5 Å². The van der Waals surface area contributed by atoms with Gasteiger partial charge in [0.05, 0.1) is 5.41 Å². The predicted molar refractivity (Wildman–Crippen MR) is 212 cm³/mol. The number of aryl methyl sites for hydroxylation is 2. The maximum absolute atomic E-state index is 13.5. The Morgan fingerprint density at radius 3 is 2.39 bits per heavy atom. The molecule has 7 rings (SSSR count). The molecule has 0 spiro atoms. The van der Waals surface area contributed by atoms with E-state index in [1.807, 2.05) is 19.1 Å². The highest BCUT2D eigenvalue weighted by atomic mass is 19.3. The Morgan fingerprint density at radius 2 is 1.66 bits per heavy atom. The molecule has 2 fully saturated rings. The quantitative estimate of drug-likeness (QED) is 0.0955. The molecule has 16 heteroatoms. The van der Waals surface area contributed by atoms with Crippen LogP contribution in [-0.2, 0) is 31.0 Å². The number of ether oxygens (including phenoxy) is 2. The smallest absolute Gasteiger partial charge is 0.445 e. The Hall–Kier alpha value is -6.58. The molecule has 4 heterocycles. The van der Waals surface area contributed by atoms with Crippen LogP contribution < -0.4 is 30.3 Å². The number of nitrogens with one attached hydrogen (secondary N) is 3. The summed E-state index contributed by atoms with van der Waals surface area (Å²) in [5.74, 6) is -0.0256. The van der Waals surface area contributed by atoms with Gasteiger partial charge in [0.1, 0.15) is 18.1 Å². The molecule has 0 unspecified atom stereocenters. The molecule has 0 atom stereocenters. The Morgan fingerprint density at radius 1 is 0.915 bits per heavy atom. The van der Waals surface area contributed by atoms with Crippen molar-refractivity contribution >= 4 is 41.2 Å². The molecular formula is C43H44F2N6O8. The number of hydrogen-bond acceptors (Lipinski definition) is 9. The monoisotopic (exact) mass is 810 g/mol. The summed E-state index contributed by atoms with van der Waals surface area (Å²) in [7, 11) is 0. The average Bonchev–Trinajstić information content (AvgIpc) is 3.80. The number of nitrogens with zero attached hydrogens (tertiary/aromatic N) is 3. The maximum Gasteiger partial charge on any atom is 0.586 e. The van der Waals surface area contributed by atoms with Crippen molar-refractivity contribution in [1.29, 1.82) is 0 Å². The van der Waals surface area contributed by atoms with Crippen LogP contribution >= 0.6 is 0 Å². The van der Waals surface area contributed by atoms with Crippen molar-refractivity contribution in [3.8, 4) is 22.6 Å². The summed E-state index contributed by atoms with van der Waals surface area (Å²) in [6.07, 6.45) is 3.08. The van der Waals surface area contributed by atoms with Gasteiger partial charge in [0.2, 0.25) is 29.5 Å². The molecule has 308 valence electrons. The molecule has 3 aliphatic rings. The fourth-order valence-corrected chi connectivity index (χ4v) is 7.11. The summed E-state index contributed by atoms with van der Waals surface area (Å²) in [6, 6.07) is 16.7. The summed E-state index contributed by atoms with van der Waals surface area (Å²) >= 11 is 0. The number of benzene rings is 2. The van der Waals surface area contributed by atoms with Crippen molar-refractivity contribution in [3.05, 3.63) is 102 Å². The second-order valence-electron chi connectivity index (χ2n) is 14.7. The number of rotatable bonds is 16. The molecule has 0 radical (unpaired) electrons. The van der Waals surface area contributed by atoms with Crippen LogP contribution in [0.2, 0.25) is 0 Å². The SMILES string of the molecule is C=CC(=O)N1CCN(c2ccc(CCC(=O)NCCCCCNC(=O)c3ccc(-c4cc(NC(=O)C5(c6ccc7c(c6)OC(F)(F)O7)CC5)ncc4C)cc3)o2)C(=O)C1. The molecule has 2 aromatic carbocycles. The summed E-state index contributed by atoms with van der Waals surface area (Å²) in [4.78, 5) is 70.3. The highest BCUT2D eigenvalue weighted by Gasteiger charge is 2.53. The molecule has 5 amide bonds. The lowest BCUT2D eigenvalue weighted by Crippen LogP contribution is -2.52. The van der Waals surface area contributed by atoms with Crippen LogP contribution in [-0.4, -0.2) is 78.4 Å². The average molecular weight is 811 g/mol. The van der Waals surface area contributed by atoms with Crippen molar-refractivity contribution in [2.24, 2.45) is 0 Å². The molecule has 0 bridgehead atoms. The minimum atomic E-state index is -3.74. The maximum atomic E-state index is 13.5. The summed E-state index contributed by atoms with van der Waals surface area (Å²) in [6.45, 7) is 6.98. The first-order chi connectivity index (χ1) is 28.3. The van der Waals surface area contributed by atoms with Crippen LogP contribution in [0.15, 0.2) is 83.9 Å². The molecule has 1 aliphatic carbocycles. The van der Waals surface area contributed by atoms with Gasteiger partial charge in [-0.25, -0.2) is 4.98 Å². The van der Waals surface area contributed by atoms with Gasteiger partial charge in [-0.2, -0.15) is 0 Å². The van der Waals surface area contributed by atoms with E-state index >= 15 is 0 Å². The number of pyridine rings is 1. The molecule has 2 aliphatic heterocycles. The van der Waals surface area contributed by atoms with E-state index in [1.165, 1.54) is 28.0 Å². The lowest BCUT2D eigenvalue weighted by atomic mass is 9.94. The topological polar surface area (TPSA) is 172 Å². The molecule has 2 aromatic heterocycles. The van der Waals surface area contributed by atoms with Crippen molar-refractivity contribution in [2.75, 3.05) is 42.9 Å². The van der Waals surface area contributed by atoms with Gasteiger partial charge in [-0.1, -0.05) is 24.8 Å². The zero-order valence-electron chi connectivity index (χ0n) is 32.5. The predicted octanol–water partition coefficient (Wildman–Crippen LogP) is 5.65. The highest BCUT2D eigenvalue weighted by molar-refractivity contribution is 6.01. The fourth-order valence-electron chi connectivity index (χ4n) is 7.11. The number of carbonyl (C=O) groups excluding carboxylic acids is 5. The number of amides is 5. The molecule has 59 heavy (non-hydrogen) atoms. The van der Waals surface area contributed by atoms with Crippen LogP contribution in [0.3, 0.4) is 0 Å². The minimum absolute atomic E-state index is 0.0436. The standard InChI is InChI=1S/C43H44F2N6O8/c1-3-37(53)50-21-22-51(38(54)26-50)39-16-13-31(57-39)12-15-36(52)46-19-5-4-6-20-47-40(55)29-9-7-28(8-10-29)32-24-35(48-25-27(32)2)49-41(56)42(17-18-42)30-11-14-33-34(23-30)59-43(44,45)58-33/h3,7-11,13-14,16,23-25H,1,4-6,12,15,17-22,26H2,2H3,(H,46,52)(H,47,55)(H,48,49,56). The van der Waals surface area contributed by atoms with Crippen molar-refractivity contribution in [1.82, 2.24) is 20.5 Å². The number of unbranched alkanes of at least 4 members (excludes halogenated alkanes) is 2. The molecule has 1 saturated heterocycles. The third-order valence-electron chi connectivity index (χ3n) is 10.6. The van der Waals surface area contributed by atoms with E-state index in [1.54, 1.807) is 42.6 Å². The highest BCUT2D eigenvalue weighted by Crippen LogP contribution is 2.52. The number of halogens is 2. The number of carbonyl (C=O) groups is 5. The van der Waals surface area contributed by atoms with Crippen LogP contribution in [0.5, 0.6) is 11.5 Å². The number of aromatic nitrogens is 1. The second-order valence-corrected chi connectivity index (χ2v) is 14.7. The molecule has 3 N–H and O–H groups in total. The molecule has 4 aromatic rings. The summed E-state index contributed by atoms with van der Waals surface area (Å²) in [5, 5.41) is 8.73. The number of anilines is 2. The lowest BCUT2D eigenvalue weighted by molar-refractivity contribution is -0.286. The van der Waals surface area contributed by atoms with Gasteiger partial charge >= 0.3 is 6.29 Å². The molecular weight excluding hydrogens is 767 g/mol. The van der Waals surface area contributed by atoms with E-state index < -0.39 is 11.7 Å². The van der Waals surface area contributed by atoms with Crippen molar-refractivity contribution < 1.29 is 46.6 Å². The number of alkyl halides is 2. The number of fused-ring (bicyclic) bond motifs is 1. The Kier molecular flexibility index (Phi) is 11.8. The van der Waals surface area contributed by atoms with Crippen LogP contribution in [0.4, 0.5) is 20.5 Å². The van der Waals surface area contributed by atoms with Gasteiger partial charge in [-0.15, -0.1) is 8.78 Å². The van der Waals surface area contributed by atoms with E-state index in [0.717, 1.165) is 36.0 Å². The summed E-state index contributed by atoms with van der Waals surface area (Å²) in [5.41, 5.74) is 2.68. The van der Waals surface area contributed by atoms with Gasteiger partial charge < -0.3 is 34.7 Å². The second kappa shape index (κ2) is 17.1. The number of piperazine rings is 1. The van der Waals surface area contributed by atoms with Crippen LogP contribution in [0.25, 0.3) is 11.1 Å². The minimum Gasteiger partial charge on any atom is -0.445 e. The largest absolute Gasteiger partial charge is 0.586 e. The normalized spacial score (nSPS) is 16.0. The summed E-state index contributed by atoms with van der Waals surface area (Å²) < 4.78 is 42.0. The van der Waals surface area contributed by atoms with E-state index in [4.69, 9.17) is 4.42 Å². The first-order valence-corrected chi connectivity index (χ1v) is 19.5. The van der Waals surface area contributed by atoms with E-state index in [2.05, 4.69) is 37.0 Å². The third kappa shape index (κ3) is 9.43. The molecule has 1 saturated carbocycles. The van der Waals surface area contributed by atoms with Crippen LogP contribution in [0, 0.1) is 6.92 Å². The van der Waals surface area contributed by atoms with Gasteiger partial charge in [-0.05, 0) is 104 Å². The van der Waals surface area contributed by atoms with Crippen molar-refractivity contribution in [3.63, 3.8) is 0 Å². The number of hydrogen-bond donors (Lipinski definition) is 3. The van der Waals surface area contributed by atoms with Crippen molar-refractivity contribution in [2.45, 2.75) is 63.6 Å². The Labute approximate surface area is 338 Å². The first kappa shape index (κ1) is 40.6. The first-order valence-electron chi connectivity index (χ1n) is 19.5. The van der Waals surface area contributed by atoms with E-state index in [0.29, 0.717) is 74.0 Å². The van der Waals surface area contributed by atoms with Gasteiger partial charge in [-0.3, -0.25) is 28.9 Å². The fraction of sp³-hybridized carbons (Fsp3) is 0.349. The zero-order valence-corrected chi connectivity index (χ0v) is 32.5. The zero-order chi connectivity index (χ0) is 41.7. The Balaban J connectivity index is 0.800. The third-order valence-corrected chi connectivity index (χ3v) is 10.6.